The summed E-state index contributed by atoms with van der Waals surface area (Å²) in [4.78, 5) is 29.7. The first kappa shape index (κ1) is 20.1. The minimum Gasteiger partial charge on any atom is -0.343 e. The maximum Gasteiger partial charge on any atom is 0.225 e. The van der Waals surface area contributed by atoms with E-state index in [1.165, 1.54) is 12.8 Å². The molecule has 0 spiro atoms. The number of aromatic nitrogens is 1. The van der Waals surface area contributed by atoms with E-state index in [1.54, 1.807) is 0 Å². The molecule has 1 aliphatic heterocycles. The summed E-state index contributed by atoms with van der Waals surface area (Å²) in [5.74, 6) is 0.780. The van der Waals surface area contributed by atoms with Crippen molar-refractivity contribution in [1.82, 2.24) is 14.4 Å². The molecule has 0 aromatic carbocycles. The standard InChI is InChI=1S/C22H35N3O2/c1-16-14-19(17(2)25(16)22(3,4)5)20(26)15-23-10-12-24(13-11-23)21(27)18-8-6-7-9-18/h14,18H,6-13,15H2,1-5H3. The van der Waals surface area contributed by atoms with Gasteiger partial charge in [0, 0.05) is 54.6 Å². The van der Waals surface area contributed by atoms with Gasteiger partial charge in [0.15, 0.2) is 5.78 Å². The fourth-order valence-electron chi connectivity index (χ4n) is 4.92. The molecule has 5 heteroatoms. The van der Waals surface area contributed by atoms with E-state index in [0.29, 0.717) is 12.5 Å². The fraction of sp³-hybridized carbons (Fsp3) is 0.727. The largest absolute Gasteiger partial charge is 0.343 e. The molecule has 5 nitrogen and oxygen atoms in total. The van der Waals surface area contributed by atoms with Crippen molar-refractivity contribution in [3.05, 3.63) is 23.0 Å². The quantitative estimate of drug-likeness (QED) is 0.760. The molecule has 1 aliphatic carbocycles. The van der Waals surface area contributed by atoms with Crippen LogP contribution in [0.25, 0.3) is 0 Å². The lowest BCUT2D eigenvalue weighted by molar-refractivity contribution is -0.137. The van der Waals surface area contributed by atoms with Crippen molar-refractivity contribution in [2.45, 2.75) is 65.8 Å². The molecule has 1 aromatic rings. The number of rotatable bonds is 4. The molecule has 1 saturated carbocycles. The Kier molecular flexibility index (Phi) is 5.80. The van der Waals surface area contributed by atoms with Gasteiger partial charge >= 0.3 is 0 Å². The third-order valence-corrected chi connectivity index (χ3v) is 6.16. The Hall–Kier alpha value is -1.62. The van der Waals surface area contributed by atoms with E-state index >= 15 is 0 Å². The van der Waals surface area contributed by atoms with Gasteiger partial charge in [0.1, 0.15) is 0 Å². The van der Waals surface area contributed by atoms with Gasteiger partial charge in [-0.15, -0.1) is 0 Å². The van der Waals surface area contributed by atoms with Crippen LogP contribution in [0.4, 0.5) is 0 Å². The predicted octanol–water partition coefficient (Wildman–Crippen LogP) is 3.38. The van der Waals surface area contributed by atoms with E-state index in [0.717, 1.165) is 56.0 Å². The van der Waals surface area contributed by atoms with Gasteiger partial charge in [0.05, 0.1) is 6.54 Å². The lowest BCUT2D eigenvalue weighted by atomic mass is 10.1. The predicted molar refractivity (Wildman–Crippen MR) is 108 cm³/mol. The van der Waals surface area contributed by atoms with Crippen LogP contribution >= 0.6 is 0 Å². The van der Waals surface area contributed by atoms with Crippen LogP contribution in [0.3, 0.4) is 0 Å². The number of carbonyl (C=O) groups excluding carboxylic acids is 2. The van der Waals surface area contributed by atoms with Gasteiger partial charge in [0.25, 0.3) is 0 Å². The van der Waals surface area contributed by atoms with Crippen LogP contribution in [-0.4, -0.2) is 58.8 Å². The Morgan fingerprint density at radius 3 is 2.15 bits per heavy atom. The third kappa shape index (κ3) is 4.29. The zero-order chi connectivity index (χ0) is 19.8. The molecule has 0 radical (unpaired) electrons. The number of carbonyl (C=O) groups is 2. The van der Waals surface area contributed by atoms with Crippen molar-refractivity contribution in [3.8, 4) is 0 Å². The summed E-state index contributed by atoms with van der Waals surface area (Å²) in [5.41, 5.74) is 3.00. The first-order valence-electron chi connectivity index (χ1n) is 10.4. The smallest absolute Gasteiger partial charge is 0.225 e. The maximum absolute atomic E-state index is 12.9. The van der Waals surface area contributed by atoms with Crippen LogP contribution in [0.15, 0.2) is 6.07 Å². The van der Waals surface area contributed by atoms with Gasteiger partial charge in [-0.2, -0.15) is 0 Å². The van der Waals surface area contributed by atoms with Crippen molar-refractivity contribution in [2.24, 2.45) is 5.92 Å². The highest BCUT2D eigenvalue weighted by Gasteiger charge is 2.30. The molecular weight excluding hydrogens is 338 g/mol. The minimum absolute atomic E-state index is 0.0288. The topological polar surface area (TPSA) is 45.6 Å². The summed E-state index contributed by atoms with van der Waals surface area (Å²) in [6, 6.07) is 2.03. The molecule has 2 aliphatic rings. The average molecular weight is 374 g/mol. The molecule has 1 amide bonds. The molecule has 1 saturated heterocycles. The maximum atomic E-state index is 12.9. The molecule has 0 unspecified atom stereocenters. The number of aryl methyl sites for hydroxylation is 1. The van der Waals surface area contributed by atoms with Gasteiger partial charge < -0.3 is 9.47 Å². The Morgan fingerprint density at radius 2 is 1.63 bits per heavy atom. The zero-order valence-electron chi connectivity index (χ0n) is 17.7. The van der Waals surface area contributed by atoms with Gasteiger partial charge in [-0.25, -0.2) is 0 Å². The first-order valence-corrected chi connectivity index (χ1v) is 10.4. The van der Waals surface area contributed by atoms with Crippen molar-refractivity contribution < 1.29 is 9.59 Å². The highest BCUT2D eigenvalue weighted by Crippen LogP contribution is 2.27. The number of Topliss-reactive ketones (excluding diaryl/α,β-unsaturated/α-hetero) is 1. The normalized spacial score (nSPS) is 19.7. The first-order chi connectivity index (χ1) is 12.7. The zero-order valence-corrected chi connectivity index (χ0v) is 17.7. The highest BCUT2D eigenvalue weighted by atomic mass is 16.2. The molecule has 1 aromatic heterocycles. The summed E-state index contributed by atoms with van der Waals surface area (Å²) in [6.45, 7) is 14.2. The van der Waals surface area contributed by atoms with Crippen molar-refractivity contribution in [1.29, 1.82) is 0 Å². The summed E-state index contributed by atoms with van der Waals surface area (Å²) in [7, 11) is 0. The van der Waals surface area contributed by atoms with Crippen LogP contribution in [0, 0.1) is 19.8 Å². The molecule has 27 heavy (non-hydrogen) atoms. The molecule has 0 N–H and O–H groups in total. The number of ketones is 1. The third-order valence-electron chi connectivity index (χ3n) is 6.16. The van der Waals surface area contributed by atoms with E-state index in [2.05, 4.69) is 37.2 Å². The molecule has 3 rings (SSSR count). The second-order valence-electron chi connectivity index (χ2n) is 9.30. The lowest BCUT2D eigenvalue weighted by Gasteiger charge is -2.35. The lowest BCUT2D eigenvalue weighted by Crippen LogP contribution is -2.51. The molecule has 0 bridgehead atoms. The van der Waals surface area contributed by atoms with Crippen LogP contribution in [0.1, 0.15) is 68.2 Å². The summed E-state index contributed by atoms with van der Waals surface area (Å²) >= 11 is 0. The molecule has 2 heterocycles. The van der Waals surface area contributed by atoms with E-state index in [-0.39, 0.29) is 17.2 Å². The van der Waals surface area contributed by atoms with Gasteiger partial charge in [-0.05, 0) is 53.5 Å². The van der Waals surface area contributed by atoms with Gasteiger partial charge in [-0.3, -0.25) is 14.5 Å². The van der Waals surface area contributed by atoms with E-state index in [4.69, 9.17) is 0 Å². The van der Waals surface area contributed by atoms with Crippen molar-refractivity contribution >= 4 is 11.7 Å². The summed E-state index contributed by atoms with van der Waals surface area (Å²) in [6.07, 6.45) is 4.50. The van der Waals surface area contributed by atoms with Gasteiger partial charge in [0.2, 0.25) is 5.91 Å². The fourth-order valence-corrected chi connectivity index (χ4v) is 4.92. The van der Waals surface area contributed by atoms with E-state index in [9.17, 15) is 9.59 Å². The summed E-state index contributed by atoms with van der Waals surface area (Å²) < 4.78 is 2.25. The Morgan fingerprint density at radius 1 is 1.04 bits per heavy atom. The molecule has 2 fully saturated rings. The van der Waals surface area contributed by atoms with E-state index in [1.807, 2.05) is 17.9 Å². The second-order valence-corrected chi connectivity index (χ2v) is 9.30. The Bertz CT molecular complexity index is 700. The SMILES string of the molecule is Cc1cc(C(=O)CN2CCN(C(=O)C3CCCC3)CC2)c(C)n1C(C)(C)C. The number of nitrogens with zero attached hydrogens (tertiary/aromatic N) is 3. The number of piperazine rings is 1. The Balaban J connectivity index is 1.58. The number of hydrogen-bond acceptors (Lipinski definition) is 3. The second kappa shape index (κ2) is 7.78. The number of hydrogen-bond donors (Lipinski definition) is 0. The summed E-state index contributed by atoms with van der Waals surface area (Å²) in [5, 5.41) is 0. The number of amides is 1. The monoisotopic (exact) mass is 373 g/mol. The van der Waals surface area contributed by atoms with Crippen LogP contribution < -0.4 is 0 Å². The van der Waals surface area contributed by atoms with Crippen LogP contribution in [-0.2, 0) is 10.3 Å². The van der Waals surface area contributed by atoms with Crippen LogP contribution in [0.2, 0.25) is 0 Å². The van der Waals surface area contributed by atoms with Crippen LogP contribution in [0.5, 0.6) is 0 Å². The minimum atomic E-state index is -0.0288. The molecule has 0 atom stereocenters. The highest BCUT2D eigenvalue weighted by molar-refractivity contribution is 5.99. The molecule has 150 valence electrons. The molecular formula is C22H35N3O2. The van der Waals surface area contributed by atoms with E-state index < -0.39 is 0 Å². The van der Waals surface area contributed by atoms with Crippen molar-refractivity contribution in [3.63, 3.8) is 0 Å². The van der Waals surface area contributed by atoms with Gasteiger partial charge in [-0.1, -0.05) is 12.8 Å². The average Bonchev–Trinajstić information content (AvgIpc) is 3.22. The van der Waals surface area contributed by atoms with Crippen molar-refractivity contribution in [2.75, 3.05) is 32.7 Å². The Labute approximate surface area is 163 Å².